The van der Waals surface area contributed by atoms with E-state index in [2.05, 4.69) is 10.2 Å². The Bertz CT molecular complexity index is 821. The van der Waals surface area contributed by atoms with E-state index in [0.29, 0.717) is 5.56 Å². The van der Waals surface area contributed by atoms with Gasteiger partial charge >= 0.3 is 6.18 Å². The molecule has 2 aromatic carbocycles. The summed E-state index contributed by atoms with van der Waals surface area (Å²) in [5, 5.41) is 12.7. The summed E-state index contributed by atoms with van der Waals surface area (Å²) in [5.41, 5.74) is 1.39. The lowest BCUT2D eigenvalue weighted by Gasteiger charge is -2.16. The Hall–Kier alpha value is -2.54. The fraction of sp³-hybridized carbons (Fsp3) is 0.316. The summed E-state index contributed by atoms with van der Waals surface area (Å²) in [6.45, 7) is 0.736. The highest BCUT2D eigenvalue weighted by atomic mass is 19.4. The van der Waals surface area contributed by atoms with Gasteiger partial charge in [0.05, 0.1) is 17.2 Å². The molecular formula is C19H19F3N2O2. The van der Waals surface area contributed by atoms with Crippen molar-refractivity contribution in [2.45, 2.75) is 18.7 Å². The summed E-state index contributed by atoms with van der Waals surface area (Å²) in [7, 11) is 1.99. The van der Waals surface area contributed by atoms with Gasteiger partial charge in [-0.3, -0.25) is 4.79 Å². The molecule has 2 aromatic rings. The molecule has 7 heteroatoms. The van der Waals surface area contributed by atoms with E-state index in [1.807, 2.05) is 19.2 Å². The third-order valence-corrected chi connectivity index (χ3v) is 4.55. The smallest absolute Gasteiger partial charge is 0.387 e. The molecule has 0 fully saturated rings. The van der Waals surface area contributed by atoms with Gasteiger partial charge in [-0.2, -0.15) is 13.2 Å². The van der Waals surface area contributed by atoms with Crippen molar-refractivity contribution in [2.75, 3.05) is 25.0 Å². The van der Waals surface area contributed by atoms with E-state index in [4.69, 9.17) is 0 Å². The van der Waals surface area contributed by atoms with Crippen molar-refractivity contribution in [3.8, 4) is 0 Å². The summed E-state index contributed by atoms with van der Waals surface area (Å²) in [6.07, 6.45) is -4.73. The molecule has 0 bridgehead atoms. The number of carbonyl (C=O) groups excluding carboxylic acids is 1. The number of rotatable bonds is 4. The largest absolute Gasteiger partial charge is 0.417 e. The number of alkyl halides is 3. The number of aliphatic hydroxyl groups excluding tert-OH is 1. The Balaban J connectivity index is 1.69. The highest BCUT2D eigenvalue weighted by Crippen LogP contribution is 2.32. The number of benzene rings is 2. The molecule has 0 saturated heterocycles. The fourth-order valence-electron chi connectivity index (χ4n) is 3.12. The van der Waals surface area contributed by atoms with Crippen LogP contribution in [0.3, 0.4) is 0 Å². The van der Waals surface area contributed by atoms with E-state index in [9.17, 15) is 23.1 Å². The van der Waals surface area contributed by atoms with Gasteiger partial charge in [0.2, 0.25) is 0 Å². The van der Waals surface area contributed by atoms with Crippen molar-refractivity contribution < 1.29 is 23.1 Å². The average molecular weight is 364 g/mol. The topological polar surface area (TPSA) is 52.6 Å². The number of nitrogens with zero attached hydrogens (tertiary/aromatic N) is 1. The van der Waals surface area contributed by atoms with Crippen molar-refractivity contribution in [1.82, 2.24) is 5.32 Å². The van der Waals surface area contributed by atoms with Gasteiger partial charge < -0.3 is 15.3 Å². The fourth-order valence-corrected chi connectivity index (χ4v) is 3.12. The van der Waals surface area contributed by atoms with Gasteiger partial charge in [0.15, 0.2) is 0 Å². The number of anilines is 1. The molecule has 1 heterocycles. The zero-order valence-corrected chi connectivity index (χ0v) is 14.2. The summed E-state index contributed by atoms with van der Waals surface area (Å²) in [6, 6.07) is 10.1. The van der Waals surface area contributed by atoms with Crippen LogP contribution in [0.5, 0.6) is 0 Å². The second kappa shape index (κ2) is 6.99. The molecule has 1 aliphatic heterocycles. The summed E-state index contributed by atoms with van der Waals surface area (Å²) in [5.74, 6) is -0.863. The maximum Gasteiger partial charge on any atom is 0.417 e. The molecule has 1 aliphatic rings. The number of aliphatic hydroxyl groups is 1. The van der Waals surface area contributed by atoms with Crippen LogP contribution in [-0.4, -0.2) is 31.2 Å². The third-order valence-electron chi connectivity index (χ3n) is 4.55. The van der Waals surface area contributed by atoms with Gasteiger partial charge in [-0.1, -0.05) is 24.3 Å². The second-order valence-electron chi connectivity index (χ2n) is 6.33. The first kappa shape index (κ1) is 18.3. The van der Waals surface area contributed by atoms with E-state index in [-0.39, 0.29) is 6.54 Å². The molecule has 138 valence electrons. The van der Waals surface area contributed by atoms with Crippen LogP contribution in [0, 0.1) is 0 Å². The van der Waals surface area contributed by atoms with Gasteiger partial charge in [-0.25, -0.2) is 0 Å². The minimum Gasteiger partial charge on any atom is -0.387 e. The molecule has 0 aromatic heterocycles. The molecule has 3 rings (SSSR count). The summed E-state index contributed by atoms with van der Waals surface area (Å²) >= 11 is 0. The number of halogens is 3. The predicted molar refractivity (Wildman–Crippen MR) is 92.2 cm³/mol. The van der Waals surface area contributed by atoms with E-state index >= 15 is 0 Å². The van der Waals surface area contributed by atoms with Crippen LogP contribution in [0.4, 0.5) is 18.9 Å². The van der Waals surface area contributed by atoms with Crippen molar-refractivity contribution in [2.24, 2.45) is 0 Å². The zero-order valence-electron chi connectivity index (χ0n) is 14.2. The molecule has 2 N–H and O–H groups in total. The molecule has 0 saturated carbocycles. The monoisotopic (exact) mass is 364 g/mol. The minimum atomic E-state index is -4.61. The van der Waals surface area contributed by atoms with Crippen molar-refractivity contribution >= 4 is 11.6 Å². The zero-order chi connectivity index (χ0) is 18.9. The maximum atomic E-state index is 13.0. The van der Waals surface area contributed by atoms with Crippen LogP contribution in [0.1, 0.15) is 33.2 Å². The van der Waals surface area contributed by atoms with Gasteiger partial charge in [-0.05, 0) is 35.7 Å². The predicted octanol–water partition coefficient (Wildman–Crippen LogP) is 3.16. The third kappa shape index (κ3) is 3.67. The number of nitrogens with one attached hydrogen (secondary N) is 1. The number of carbonyl (C=O) groups is 1. The van der Waals surface area contributed by atoms with E-state index in [1.165, 1.54) is 12.1 Å². The molecule has 0 spiro atoms. The molecule has 0 unspecified atom stereocenters. The van der Waals surface area contributed by atoms with Gasteiger partial charge in [-0.15, -0.1) is 0 Å². The molecule has 4 nitrogen and oxygen atoms in total. The lowest BCUT2D eigenvalue weighted by Crippen LogP contribution is -2.30. The normalized spacial score (nSPS) is 14.9. The Morgan fingerprint density at radius 3 is 2.73 bits per heavy atom. The van der Waals surface area contributed by atoms with Crippen molar-refractivity contribution in [3.05, 3.63) is 64.7 Å². The number of hydrogen-bond donors (Lipinski definition) is 2. The Kier molecular flexibility index (Phi) is 4.91. The Morgan fingerprint density at radius 1 is 1.27 bits per heavy atom. The quantitative estimate of drug-likeness (QED) is 0.876. The molecule has 1 atom stereocenters. The van der Waals surface area contributed by atoms with Crippen molar-refractivity contribution in [1.29, 1.82) is 0 Å². The van der Waals surface area contributed by atoms with Gasteiger partial charge in [0.25, 0.3) is 5.91 Å². The Labute approximate surface area is 149 Å². The molecular weight excluding hydrogens is 345 g/mol. The lowest BCUT2D eigenvalue weighted by atomic mass is 10.0. The second-order valence-corrected chi connectivity index (χ2v) is 6.33. The highest BCUT2D eigenvalue weighted by molar-refractivity contribution is 5.95. The van der Waals surface area contributed by atoms with Crippen LogP contribution in [-0.2, 0) is 12.6 Å². The Morgan fingerprint density at radius 2 is 2.00 bits per heavy atom. The molecule has 26 heavy (non-hydrogen) atoms. The number of fused-ring (bicyclic) bond motifs is 1. The van der Waals surface area contributed by atoms with Crippen LogP contribution < -0.4 is 10.2 Å². The van der Waals surface area contributed by atoms with Gasteiger partial charge in [0.1, 0.15) is 0 Å². The highest BCUT2D eigenvalue weighted by Gasteiger charge is 2.34. The van der Waals surface area contributed by atoms with Crippen LogP contribution in [0.15, 0.2) is 42.5 Å². The molecule has 1 amide bonds. The number of amides is 1. The first-order chi connectivity index (χ1) is 12.3. The average Bonchev–Trinajstić information content (AvgIpc) is 2.99. The SMILES string of the molecule is CN1CCc2cc([C@H](O)CNC(=O)c3ccccc3C(F)(F)F)ccc21. The van der Waals surface area contributed by atoms with Crippen molar-refractivity contribution in [3.63, 3.8) is 0 Å². The maximum absolute atomic E-state index is 13.0. The lowest BCUT2D eigenvalue weighted by molar-refractivity contribution is -0.137. The molecule has 0 radical (unpaired) electrons. The van der Waals surface area contributed by atoms with Crippen LogP contribution in [0.25, 0.3) is 0 Å². The standard InChI is InChI=1S/C19H19F3N2O2/c1-24-9-8-12-10-13(6-7-16(12)24)17(25)11-23-18(26)14-4-2-3-5-15(14)19(20,21)22/h2-7,10,17,25H,8-9,11H2,1H3,(H,23,26)/t17-/m1/s1. The van der Waals surface area contributed by atoms with E-state index in [1.54, 1.807) is 6.07 Å². The van der Waals surface area contributed by atoms with E-state index < -0.39 is 29.3 Å². The summed E-state index contributed by atoms with van der Waals surface area (Å²) in [4.78, 5) is 14.3. The number of likely N-dealkylation sites (N-methyl/N-ethyl adjacent to an activating group) is 1. The van der Waals surface area contributed by atoms with Gasteiger partial charge in [0, 0.05) is 25.8 Å². The first-order valence-electron chi connectivity index (χ1n) is 8.24. The van der Waals surface area contributed by atoms with Crippen LogP contribution >= 0.6 is 0 Å². The summed E-state index contributed by atoms with van der Waals surface area (Å²) < 4.78 is 39.0. The number of hydrogen-bond acceptors (Lipinski definition) is 3. The minimum absolute atomic E-state index is 0.167. The first-order valence-corrected chi connectivity index (χ1v) is 8.24. The van der Waals surface area contributed by atoms with E-state index in [0.717, 1.165) is 36.3 Å². The molecule has 0 aliphatic carbocycles. The van der Waals surface area contributed by atoms with Crippen LogP contribution in [0.2, 0.25) is 0 Å².